The zero-order valence-corrected chi connectivity index (χ0v) is 5.86. The first-order valence-corrected chi connectivity index (χ1v) is 2.99. The third kappa shape index (κ3) is 2.99. The van der Waals surface area contributed by atoms with Crippen LogP contribution in [0, 0.1) is 0 Å². The van der Waals surface area contributed by atoms with Gasteiger partial charge < -0.3 is 10.4 Å². The van der Waals surface area contributed by atoms with Gasteiger partial charge in [-0.3, -0.25) is 0 Å². The van der Waals surface area contributed by atoms with Crippen molar-refractivity contribution < 1.29 is 5.11 Å². The summed E-state index contributed by atoms with van der Waals surface area (Å²) in [5, 5.41) is 12.2. The van der Waals surface area contributed by atoms with E-state index in [1.165, 1.54) is 0 Å². The second-order valence-corrected chi connectivity index (χ2v) is 2.38. The maximum atomic E-state index is 9.26. The van der Waals surface area contributed by atoms with Gasteiger partial charge in [-0.15, -0.1) is 0 Å². The highest BCUT2D eigenvalue weighted by molar-refractivity contribution is 4.71. The molecule has 0 fully saturated rings. The van der Waals surface area contributed by atoms with Crippen LogP contribution >= 0.6 is 0 Å². The van der Waals surface area contributed by atoms with E-state index in [1.807, 2.05) is 20.9 Å². The molecule has 0 aromatic carbocycles. The highest BCUT2D eigenvalue weighted by Gasteiger charge is 2.14. The van der Waals surface area contributed by atoms with Crippen LogP contribution in [0.5, 0.6) is 0 Å². The molecule has 2 nitrogen and oxygen atoms in total. The minimum absolute atomic E-state index is 0.519. The first-order chi connectivity index (χ1) is 3.62. The number of hydrogen-bond acceptors (Lipinski definition) is 2. The Balaban J connectivity index is 3.37. The molecule has 0 saturated carbocycles. The largest absolute Gasteiger partial charge is 0.389 e. The minimum Gasteiger partial charge on any atom is -0.389 e. The lowest BCUT2D eigenvalue weighted by molar-refractivity contribution is 0.0579. The molecule has 0 heterocycles. The second-order valence-electron chi connectivity index (χ2n) is 2.38. The van der Waals surface area contributed by atoms with Gasteiger partial charge in [-0.2, -0.15) is 0 Å². The van der Waals surface area contributed by atoms with Gasteiger partial charge in [-0.1, -0.05) is 6.92 Å². The molecular weight excluding hydrogens is 102 g/mol. The van der Waals surface area contributed by atoms with Crippen molar-refractivity contribution in [3.8, 4) is 0 Å². The van der Waals surface area contributed by atoms with Crippen LogP contribution in [-0.2, 0) is 0 Å². The predicted octanol–water partition coefficient (Wildman–Crippen LogP) is 0.367. The van der Waals surface area contributed by atoms with E-state index in [1.54, 1.807) is 0 Å². The molecule has 2 N–H and O–H groups in total. The molecule has 0 spiro atoms. The number of likely N-dealkylation sites (N-methyl/N-ethyl adjacent to an activating group) is 1. The van der Waals surface area contributed by atoms with Gasteiger partial charge in [0.1, 0.15) is 0 Å². The molecule has 0 rings (SSSR count). The fraction of sp³-hybridized carbons (Fsp3) is 1.00. The molecule has 0 aliphatic heterocycles. The van der Waals surface area contributed by atoms with Crippen LogP contribution in [0.2, 0.25) is 0 Å². The Kier molecular flexibility index (Phi) is 3.02. The Labute approximate surface area is 50.9 Å². The number of hydrogen-bond donors (Lipinski definition) is 2. The molecule has 8 heavy (non-hydrogen) atoms. The zero-order valence-electron chi connectivity index (χ0n) is 5.86. The van der Waals surface area contributed by atoms with Crippen molar-refractivity contribution in [2.24, 2.45) is 0 Å². The average Bonchev–Trinajstić information content (AvgIpc) is 1.67. The smallest absolute Gasteiger partial charge is 0.0740 e. The second kappa shape index (κ2) is 3.05. The molecule has 0 aliphatic carbocycles. The summed E-state index contributed by atoms with van der Waals surface area (Å²) in [6, 6.07) is 0. The lowest BCUT2D eigenvalue weighted by atomic mass is 10.0. The van der Waals surface area contributed by atoms with Crippen molar-refractivity contribution in [2.45, 2.75) is 25.9 Å². The summed E-state index contributed by atoms with van der Waals surface area (Å²) < 4.78 is 0. The fourth-order valence-corrected chi connectivity index (χ4v) is 0.506. The van der Waals surface area contributed by atoms with Crippen LogP contribution < -0.4 is 5.32 Å². The highest BCUT2D eigenvalue weighted by atomic mass is 16.3. The lowest BCUT2D eigenvalue weighted by Crippen LogP contribution is -2.35. The van der Waals surface area contributed by atoms with Crippen molar-refractivity contribution in [2.75, 3.05) is 13.6 Å². The van der Waals surface area contributed by atoms with Crippen molar-refractivity contribution in [1.82, 2.24) is 5.32 Å². The van der Waals surface area contributed by atoms with E-state index in [4.69, 9.17) is 0 Å². The third-order valence-corrected chi connectivity index (χ3v) is 1.32. The normalized spacial score (nSPS) is 18.0. The monoisotopic (exact) mass is 117 g/mol. The molecule has 0 bridgehead atoms. The van der Waals surface area contributed by atoms with Gasteiger partial charge in [0.05, 0.1) is 5.60 Å². The Bertz CT molecular complexity index is 61.5. The fourth-order valence-electron chi connectivity index (χ4n) is 0.506. The summed E-state index contributed by atoms with van der Waals surface area (Å²) in [7, 11) is 1.84. The summed E-state index contributed by atoms with van der Waals surface area (Å²) in [5.74, 6) is 0. The van der Waals surface area contributed by atoms with E-state index < -0.39 is 5.60 Å². The molecule has 0 radical (unpaired) electrons. The van der Waals surface area contributed by atoms with E-state index in [0.717, 1.165) is 6.42 Å². The first kappa shape index (κ1) is 7.92. The number of nitrogens with one attached hydrogen (secondary N) is 1. The quantitative estimate of drug-likeness (QED) is 0.559. The van der Waals surface area contributed by atoms with E-state index >= 15 is 0 Å². The van der Waals surface area contributed by atoms with Crippen LogP contribution in [0.25, 0.3) is 0 Å². The van der Waals surface area contributed by atoms with Gasteiger partial charge in [0.25, 0.3) is 0 Å². The Morgan fingerprint density at radius 1 is 1.62 bits per heavy atom. The predicted molar refractivity (Wildman–Crippen MR) is 34.8 cm³/mol. The van der Waals surface area contributed by atoms with Gasteiger partial charge >= 0.3 is 0 Å². The van der Waals surface area contributed by atoms with Gasteiger partial charge in [0.2, 0.25) is 0 Å². The van der Waals surface area contributed by atoms with Crippen molar-refractivity contribution >= 4 is 0 Å². The Morgan fingerprint density at radius 2 is 2.12 bits per heavy atom. The molecule has 50 valence electrons. The molecular formula is C6H15NO. The molecule has 1 unspecified atom stereocenters. The maximum absolute atomic E-state index is 9.26. The van der Waals surface area contributed by atoms with E-state index in [9.17, 15) is 5.11 Å². The Morgan fingerprint density at radius 3 is 2.25 bits per heavy atom. The summed E-state index contributed by atoms with van der Waals surface area (Å²) >= 11 is 0. The number of rotatable bonds is 3. The molecule has 0 saturated heterocycles. The standard InChI is InChI=1S/C6H15NO/c1-4-6(2,8)5-7-3/h7-8H,4-5H2,1-3H3. The summed E-state index contributed by atoms with van der Waals surface area (Å²) in [6.45, 7) is 4.46. The SMILES string of the molecule is CCC(C)(O)CNC. The van der Waals surface area contributed by atoms with Crippen LogP contribution in [0.15, 0.2) is 0 Å². The molecule has 0 aromatic rings. The van der Waals surface area contributed by atoms with Gasteiger partial charge in [0, 0.05) is 6.54 Å². The summed E-state index contributed by atoms with van der Waals surface area (Å²) in [4.78, 5) is 0. The van der Waals surface area contributed by atoms with Crippen LogP contribution in [0.1, 0.15) is 20.3 Å². The molecule has 2 heteroatoms. The third-order valence-electron chi connectivity index (χ3n) is 1.32. The van der Waals surface area contributed by atoms with Gasteiger partial charge in [-0.05, 0) is 20.4 Å². The van der Waals surface area contributed by atoms with Crippen molar-refractivity contribution in [1.29, 1.82) is 0 Å². The number of aliphatic hydroxyl groups is 1. The van der Waals surface area contributed by atoms with E-state index in [-0.39, 0.29) is 0 Å². The van der Waals surface area contributed by atoms with Crippen molar-refractivity contribution in [3.63, 3.8) is 0 Å². The van der Waals surface area contributed by atoms with Crippen LogP contribution in [0.3, 0.4) is 0 Å². The molecule has 0 aromatic heterocycles. The summed E-state index contributed by atoms with van der Waals surface area (Å²) in [5.41, 5.74) is -0.519. The molecule has 0 aliphatic rings. The Hall–Kier alpha value is -0.0800. The topological polar surface area (TPSA) is 32.3 Å². The van der Waals surface area contributed by atoms with Crippen LogP contribution in [-0.4, -0.2) is 24.3 Å². The maximum Gasteiger partial charge on any atom is 0.0740 e. The highest BCUT2D eigenvalue weighted by Crippen LogP contribution is 2.04. The van der Waals surface area contributed by atoms with Gasteiger partial charge in [-0.25, -0.2) is 0 Å². The van der Waals surface area contributed by atoms with Gasteiger partial charge in [0.15, 0.2) is 0 Å². The van der Waals surface area contributed by atoms with E-state index in [0.29, 0.717) is 6.54 Å². The average molecular weight is 117 g/mol. The lowest BCUT2D eigenvalue weighted by Gasteiger charge is -2.19. The van der Waals surface area contributed by atoms with E-state index in [2.05, 4.69) is 5.32 Å². The molecule has 0 amide bonds. The van der Waals surface area contributed by atoms with Crippen LogP contribution in [0.4, 0.5) is 0 Å². The zero-order chi connectivity index (χ0) is 6.62. The molecule has 1 atom stereocenters. The summed E-state index contributed by atoms with van der Waals surface area (Å²) in [6.07, 6.45) is 0.799. The van der Waals surface area contributed by atoms with Crippen molar-refractivity contribution in [3.05, 3.63) is 0 Å². The first-order valence-electron chi connectivity index (χ1n) is 2.99. The minimum atomic E-state index is -0.519.